The summed E-state index contributed by atoms with van der Waals surface area (Å²) in [5.74, 6) is 0. The largest absolute Gasteiger partial charge is 1.00 e. The number of hydrogen-bond donors (Lipinski definition) is 0. The van der Waals surface area contributed by atoms with Gasteiger partial charge in [0.05, 0.1) is 8.07 Å². The molecule has 0 bridgehead atoms. The minimum absolute atomic E-state index is 0. The van der Waals surface area contributed by atoms with Crippen LogP contribution in [0.1, 0.15) is 39.5 Å². The molecular weight excluding hydrogens is 482 g/mol. The number of halogens is 2. The third kappa shape index (κ3) is 6.72. The molecule has 0 aromatic heterocycles. The average Bonchev–Trinajstić information content (AvgIpc) is 2.97. The maximum atomic E-state index is 2.99. The van der Waals surface area contributed by atoms with Gasteiger partial charge in [-0.05, 0) is 13.3 Å². The second-order valence-corrected chi connectivity index (χ2v) is 10.4. The molecule has 2 aliphatic carbocycles. The fourth-order valence-electron chi connectivity index (χ4n) is 3.19. The van der Waals surface area contributed by atoms with Gasteiger partial charge >= 0.3 is 0 Å². The van der Waals surface area contributed by atoms with Crippen LogP contribution in [-0.4, -0.2) is 8.07 Å². The average molecular weight is 507 g/mol. The maximum absolute atomic E-state index is 2.99. The van der Waals surface area contributed by atoms with E-state index in [1.165, 1.54) is 24.8 Å². The fraction of sp³-hybridized carbons (Fsp3) is 0.529. The van der Waals surface area contributed by atoms with Gasteiger partial charge in [0, 0.05) is 25.8 Å². The molecule has 0 atom stereocenters. The molecule has 3 rings (SSSR count). The summed E-state index contributed by atoms with van der Waals surface area (Å²) in [6.45, 7) is 4.60. The Balaban J connectivity index is 0. The molecule has 4 heteroatoms. The summed E-state index contributed by atoms with van der Waals surface area (Å²) in [5.41, 5.74) is 1.52. The molecule has 21 heavy (non-hydrogen) atoms. The predicted octanol–water partition coefficient (Wildman–Crippen LogP) is -0.624. The smallest absolute Gasteiger partial charge is 0.0819 e. The van der Waals surface area contributed by atoms with E-state index in [2.05, 4.69) is 38.2 Å². The normalized spacial score (nSPS) is 19.7. The first kappa shape index (κ1) is 23.9. The van der Waals surface area contributed by atoms with Crippen LogP contribution in [0.15, 0.2) is 41.1 Å². The van der Waals surface area contributed by atoms with Gasteiger partial charge in [-0.3, -0.25) is 6.08 Å². The third-order valence-electron chi connectivity index (χ3n) is 4.35. The Hall–Kier alpha value is 0.627. The van der Waals surface area contributed by atoms with Crippen molar-refractivity contribution >= 4 is 8.07 Å². The number of hydrogen-bond acceptors (Lipinski definition) is 0. The Kier molecular flexibility index (Phi) is 13.8. The van der Waals surface area contributed by atoms with Crippen molar-refractivity contribution in [3.63, 3.8) is 0 Å². The molecule has 0 nitrogen and oxygen atoms in total. The van der Waals surface area contributed by atoms with Crippen LogP contribution in [-0.2, 0) is 25.8 Å². The standard InChI is InChI=1S/C12H20Si.C5H5.2ClH.Hf/c1-3-7-13(8-4-9-13)12-6-5-11(2)10-12;1-2-4-5-3-1;;;/h5,10H,3-4,6-9H2,1-2H3;1-3H,4H2;2*1H;/q;-1;;;/p-2. The van der Waals surface area contributed by atoms with E-state index < -0.39 is 8.07 Å². The van der Waals surface area contributed by atoms with Crippen molar-refractivity contribution in [1.29, 1.82) is 0 Å². The van der Waals surface area contributed by atoms with Crippen LogP contribution >= 0.6 is 0 Å². The van der Waals surface area contributed by atoms with E-state index >= 15 is 0 Å². The molecule has 0 radical (unpaired) electrons. The van der Waals surface area contributed by atoms with E-state index in [-0.39, 0.29) is 50.7 Å². The number of rotatable bonds is 3. The molecule has 118 valence electrons. The first-order valence-electron chi connectivity index (χ1n) is 7.36. The summed E-state index contributed by atoms with van der Waals surface area (Å²) in [6.07, 6.45) is 19.1. The van der Waals surface area contributed by atoms with Crippen LogP contribution in [0.4, 0.5) is 0 Å². The van der Waals surface area contributed by atoms with Gasteiger partial charge in [0.15, 0.2) is 0 Å². The quantitative estimate of drug-likeness (QED) is 0.354. The van der Waals surface area contributed by atoms with Crippen molar-refractivity contribution in [2.45, 2.75) is 57.7 Å². The zero-order chi connectivity index (χ0) is 12.8. The van der Waals surface area contributed by atoms with Crippen LogP contribution in [0.25, 0.3) is 0 Å². The zero-order valence-corrected chi connectivity index (χ0v) is 19.2. The van der Waals surface area contributed by atoms with E-state index in [1.54, 1.807) is 18.1 Å². The first-order chi connectivity index (χ1) is 8.77. The first-order valence-corrected chi connectivity index (χ1v) is 9.98. The van der Waals surface area contributed by atoms with Crippen molar-refractivity contribution in [1.82, 2.24) is 0 Å². The second-order valence-electron chi connectivity index (χ2n) is 5.71. The predicted molar refractivity (Wildman–Crippen MR) is 83.1 cm³/mol. The second kappa shape index (κ2) is 12.1. The van der Waals surface area contributed by atoms with Gasteiger partial charge in [0.25, 0.3) is 0 Å². The van der Waals surface area contributed by atoms with Gasteiger partial charge in [-0.15, -0.1) is 6.42 Å². The van der Waals surface area contributed by atoms with Crippen LogP contribution in [0.5, 0.6) is 0 Å². The van der Waals surface area contributed by atoms with Crippen molar-refractivity contribution in [3.05, 3.63) is 47.2 Å². The molecule has 1 aliphatic heterocycles. The number of allylic oxidation sites excluding steroid dienone is 8. The van der Waals surface area contributed by atoms with Crippen LogP contribution < -0.4 is 24.8 Å². The van der Waals surface area contributed by atoms with Crippen molar-refractivity contribution in [2.24, 2.45) is 0 Å². The van der Waals surface area contributed by atoms with Gasteiger partial charge in [-0.2, -0.15) is 6.08 Å². The molecule has 3 aliphatic rings. The van der Waals surface area contributed by atoms with E-state index in [4.69, 9.17) is 0 Å². The summed E-state index contributed by atoms with van der Waals surface area (Å²) >= 11 is 0. The van der Waals surface area contributed by atoms with Gasteiger partial charge in [0.2, 0.25) is 0 Å². The molecule has 0 aromatic carbocycles. The topological polar surface area (TPSA) is 0 Å². The SMILES string of the molecule is CCC[Si]1(C2=CC(C)=CC2)CCC1.[C-]1=CC=CC1.[Cl-].[Cl-].[Hf]. The molecule has 0 aromatic rings. The Labute approximate surface area is 162 Å². The van der Waals surface area contributed by atoms with Crippen LogP contribution in [0.3, 0.4) is 0 Å². The molecule has 1 heterocycles. The molecule has 0 amide bonds. The van der Waals surface area contributed by atoms with E-state index in [0.29, 0.717) is 0 Å². The van der Waals surface area contributed by atoms with Crippen LogP contribution in [0, 0.1) is 6.08 Å². The summed E-state index contributed by atoms with van der Waals surface area (Å²) in [6, 6.07) is 4.74. The molecule has 1 fully saturated rings. The molecule has 0 N–H and O–H groups in total. The molecule has 0 spiro atoms. The van der Waals surface area contributed by atoms with Gasteiger partial charge in [-0.25, -0.2) is 12.2 Å². The van der Waals surface area contributed by atoms with Gasteiger partial charge in [-0.1, -0.05) is 60.8 Å². The minimum Gasteiger partial charge on any atom is -1.00 e. The third-order valence-corrected chi connectivity index (χ3v) is 10.1. The Morgan fingerprint density at radius 1 is 1.24 bits per heavy atom. The molecule has 0 saturated carbocycles. The maximum Gasteiger partial charge on any atom is 0.0819 e. The van der Waals surface area contributed by atoms with Crippen molar-refractivity contribution < 1.29 is 50.7 Å². The Morgan fingerprint density at radius 3 is 2.24 bits per heavy atom. The van der Waals surface area contributed by atoms with E-state index in [9.17, 15) is 0 Å². The monoisotopic (exact) mass is 507 g/mol. The zero-order valence-electron chi connectivity index (χ0n) is 13.1. The van der Waals surface area contributed by atoms with Gasteiger partial charge in [0.1, 0.15) is 0 Å². The van der Waals surface area contributed by atoms with E-state index in [1.807, 2.05) is 17.3 Å². The van der Waals surface area contributed by atoms with Crippen molar-refractivity contribution in [3.8, 4) is 0 Å². The molecular formula is C17H25Cl2HfSi-3. The molecule has 0 unspecified atom stereocenters. The van der Waals surface area contributed by atoms with E-state index in [0.717, 1.165) is 6.42 Å². The molecule has 1 saturated heterocycles. The summed E-state index contributed by atoms with van der Waals surface area (Å²) in [4.78, 5) is 0. The Morgan fingerprint density at radius 2 is 1.95 bits per heavy atom. The van der Waals surface area contributed by atoms with Crippen molar-refractivity contribution in [2.75, 3.05) is 0 Å². The summed E-state index contributed by atoms with van der Waals surface area (Å²) < 4.78 is 0. The minimum atomic E-state index is -0.843. The van der Waals surface area contributed by atoms with Gasteiger partial charge < -0.3 is 24.8 Å². The van der Waals surface area contributed by atoms with Crippen LogP contribution in [0.2, 0.25) is 18.1 Å². The summed E-state index contributed by atoms with van der Waals surface area (Å²) in [7, 11) is -0.843. The fourth-order valence-corrected chi connectivity index (χ4v) is 7.88. The summed E-state index contributed by atoms with van der Waals surface area (Å²) in [5, 5.41) is 1.87. The Bertz CT molecular complexity index is 397.